The van der Waals surface area contributed by atoms with Gasteiger partial charge in [0.05, 0.1) is 11.6 Å². The molecule has 0 aliphatic rings. The molecule has 112 valence electrons. The van der Waals surface area contributed by atoms with Gasteiger partial charge in [0.15, 0.2) is 0 Å². The lowest BCUT2D eigenvalue weighted by Gasteiger charge is -2.34. The van der Waals surface area contributed by atoms with Gasteiger partial charge < -0.3 is 15.3 Å². The topological polar surface area (TPSA) is 93.4 Å². The minimum atomic E-state index is -1.06. The molecular formula is C15H19N3O3. The van der Waals surface area contributed by atoms with Crippen LogP contribution in [0, 0.1) is 11.3 Å². The number of hydrogen-bond acceptors (Lipinski definition) is 3. The predicted molar refractivity (Wildman–Crippen MR) is 77.5 cm³/mol. The zero-order chi connectivity index (χ0) is 16.0. The van der Waals surface area contributed by atoms with E-state index in [9.17, 15) is 9.59 Å². The third-order valence-corrected chi connectivity index (χ3v) is 2.88. The molecule has 1 rings (SSSR count). The molecule has 21 heavy (non-hydrogen) atoms. The Balaban J connectivity index is 2.69. The number of nitriles is 1. The van der Waals surface area contributed by atoms with E-state index in [1.165, 1.54) is 4.90 Å². The molecule has 2 amide bonds. The van der Waals surface area contributed by atoms with Gasteiger partial charge in [-0.15, -0.1) is 0 Å². The lowest BCUT2D eigenvalue weighted by molar-refractivity contribution is -0.138. The van der Waals surface area contributed by atoms with Crippen molar-refractivity contribution >= 4 is 12.0 Å². The minimum absolute atomic E-state index is 0.275. The molecule has 1 aromatic carbocycles. The molecule has 1 aromatic rings. The summed E-state index contributed by atoms with van der Waals surface area (Å²) in [6.45, 7) is 5.24. The van der Waals surface area contributed by atoms with Crippen LogP contribution in [0.5, 0.6) is 0 Å². The Labute approximate surface area is 124 Å². The van der Waals surface area contributed by atoms with Crippen LogP contribution in [0.15, 0.2) is 24.3 Å². The van der Waals surface area contributed by atoms with Crippen molar-refractivity contribution in [2.75, 3.05) is 6.54 Å². The lowest BCUT2D eigenvalue weighted by Crippen LogP contribution is -2.52. The highest BCUT2D eigenvalue weighted by molar-refractivity contribution is 5.80. The average Bonchev–Trinajstić information content (AvgIpc) is 2.41. The van der Waals surface area contributed by atoms with Crippen LogP contribution in [0.25, 0.3) is 0 Å². The molecule has 0 unspecified atom stereocenters. The Bertz CT molecular complexity index is 553. The summed E-state index contributed by atoms with van der Waals surface area (Å²) in [5.41, 5.74) is 0.798. The van der Waals surface area contributed by atoms with Gasteiger partial charge in [-0.3, -0.25) is 4.79 Å². The summed E-state index contributed by atoms with van der Waals surface area (Å²) in [4.78, 5) is 24.2. The van der Waals surface area contributed by atoms with Gasteiger partial charge in [0.1, 0.15) is 6.54 Å². The van der Waals surface area contributed by atoms with Crippen molar-refractivity contribution in [3.8, 4) is 6.07 Å². The Morgan fingerprint density at radius 1 is 1.29 bits per heavy atom. The van der Waals surface area contributed by atoms with Gasteiger partial charge in [0, 0.05) is 12.1 Å². The fraction of sp³-hybridized carbons (Fsp3) is 0.400. The van der Waals surface area contributed by atoms with Gasteiger partial charge in [0.25, 0.3) is 0 Å². The van der Waals surface area contributed by atoms with E-state index in [2.05, 4.69) is 5.32 Å². The van der Waals surface area contributed by atoms with Gasteiger partial charge in [-0.05, 0) is 38.5 Å². The summed E-state index contributed by atoms with van der Waals surface area (Å²) >= 11 is 0. The Hall–Kier alpha value is -2.55. The molecule has 0 bridgehead atoms. The normalized spacial score (nSPS) is 10.6. The van der Waals surface area contributed by atoms with Crippen LogP contribution in [0.4, 0.5) is 4.79 Å². The van der Waals surface area contributed by atoms with E-state index in [0.717, 1.165) is 5.56 Å². The quantitative estimate of drug-likeness (QED) is 0.886. The summed E-state index contributed by atoms with van der Waals surface area (Å²) in [6, 6.07) is 8.41. The van der Waals surface area contributed by atoms with E-state index in [0.29, 0.717) is 5.56 Å². The SMILES string of the molecule is CC(C)(C)N(CC(=O)O)C(=O)NCc1ccc(C#N)cc1. The van der Waals surface area contributed by atoms with Crippen LogP contribution >= 0.6 is 0 Å². The third-order valence-electron chi connectivity index (χ3n) is 2.88. The van der Waals surface area contributed by atoms with E-state index in [1.54, 1.807) is 45.0 Å². The molecule has 0 saturated carbocycles. The molecule has 0 aliphatic heterocycles. The van der Waals surface area contributed by atoms with Crippen molar-refractivity contribution in [3.63, 3.8) is 0 Å². The number of benzene rings is 1. The lowest BCUT2D eigenvalue weighted by atomic mass is 10.1. The summed E-state index contributed by atoms with van der Waals surface area (Å²) in [5, 5.41) is 20.3. The Kier molecular flexibility index (Phi) is 5.30. The van der Waals surface area contributed by atoms with E-state index in [-0.39, 0.29) is 13.1 Å². The summed E-state index contributed by atoms with van der Waals surface area (Å²) < 4.78 is 0. The van der Waals surface area contributed by atoms with E-state index in [4.69, 9.17) is 10.4 Å². The number of aliphatic carboxylic acids is 1. The number of nitrogens with zero attached hydrogens (tertiary/aromatic N) is 2. The van der Waals surface area contributed by atoms with Gasteiger partial charge in [0.2, 0.25) is 0 Å². The van der Waals surface area contributed by atoms with Crippen molar-refractivity contribution in [3.05, 3.63) is 35.4 Å². The molecule has 0 atom stereocenters. The van der Waals surface area contributed by atoms with Crippen molar-refractivity contribution < 1.29 is 14.7 Å². The second-order valence-corrected chi connectivity index (χ2v) is 5.62. The predicted octanol–water partition coefficient (Wildman–Crippen LogP) is 1.95. The van der Waals surface area contributed by atoms with Crippen molar-refractivity contribution in [2.45, 2.75) is 32.9 Å². The number of rotatable bonds is 4. The second-order valence-electron chi connectivity index (χ2n) is 5.62. The summed E-state index contributed by atoms with van der Waals surface area (Å²) in [7, 11) is 0. The van der Waals surface area contributed by atoms with Crippen LogP contribution in [0.3, 0.4) is 0 Å². The van der Waals surface area contributed by atoms with Crippen molar-refractivity contribution in [1.82, 2.24) is 10.2 Å². The van der Waals surface area contributed by atoms with Gasteiger partial charge in [-0.1, -0.05) is 12.1 Å². The smallest absolute Gasteiger partial charge is 0.323 e. The summed E-state index contributed by atoms with van der Waals surface area (Å²) in [6.07, 6.45) is 0. The molecular weight excluding hydrogens is 270 g/mol. The maximum Gasteiger partial charge on any atom is 0.323 e. The van der Waals surface area contributed by atoms with Gasteiger partial charge in [-0.2, -0.15) is 5.26 Å². The van der Waals surface area contributed by atoms with E-state index in [1.807, 2.05) is 6.07 Å². The number of amides is 2. The first kappa shape index (κ1) is 16.5. The first-order valence-electron chi connectivity index (χ1n) is 6.50. The third kappa shape index (κ3) is 5.15. The maximum atomic E-state index is 12.1. The average molecular weight is 289 g/mol. The van der Waals surface area contributed by atoms with Crippen LogP contribution < -0.4 is 5.32 Å². The molecule has 0 aromatic heterocycles. The maximum absolute atomic E-state index is 12.1. The Morgan fingerprint density at radius 2 is 1.86 bits per heavy atom. The molecule has 6 heteroatoms. The fourth-order valence-corrected chi connectivity index (χ4v) is 1.72. The zero-order valence-corrected chi connectivity index (χ0v) is 12.4. The molecule has 2 N–H and O–H groups in total. The number of nitrogens with one attached hydrogen (secondary N) is 1. The molecule has 0 saturated heterocycles. The van der Waals surface area contributed by atoms with Gasteiger partial charge >= 0.3 is 12.0 Å². The van der Waals surface area contributed by atoms with Crippen LogP contribution in [-0.2, 0) is 11.3 Å². The van der Waals surface area contributed by atoms with Gasteiger partial charge in [-0.25, -0.2) is 4.79 Å². The number of carboxylic acids is 1. The van der Waals surface area contributed by atoms with Crippen LogP contribution in [0.2, 0.25) is 0 Å². The summed E-state index contributed by atoms with van der Waals surface area (Å²) in [5.74, 6) is -1.06. The highest BCUT2D eigenvalue weighted by Gasteiger charge is 2.28. The van der Waals surface area contributed by atoms with Crippen molar-refractivity contribution in [2.24, 2.45) is 0 Å². The number of hydrogen-bond donors (Lipinski definition) is 2. The first-order chi connectivity index (χ1) is 9.74. The molecule has 0 aliphatic carbocycles. The molecule has 6 nitrogen and oxygen atoms in total. The highest BCUT2D eigenvalue weighted by Crippen LogP contribution is 2.13. The second kappa shape index (κ2) is 6.75. The number of carboxylic acid groups (broad SMARTS) is 1. The largest absolute Gasteiger partial charge is 0.480 e. The van der Waals surface area contributed by atoms with Crippen molar-refractivity contribution in [1.29, 1.82) is 5.26 Å². The highest BCUT2D eigenvalue weighted by atomic mass is 16.4. The monoisotopic (exact) mass is 289 g/mol. The van der Waals surface area contributed by atoms with Crippen LogP contribution in [-0.4, -0.2) is 34.1 Å². The molecule has 0 heterocycles. The Morgan fingerprint density at radius 3 is 2.29 bits per heavy atom. The molecule has 0 radical (unpaired) electrons. The van der Waals surface area contributed by atoms with E-state index >= 15 is 0 Å². The standard InChI is InChI=1S/C15H19N3O3/c1-15(2,3)18(10-13(19)20)14(21)17-9-12-6-4-11(8-16)5-7-12/h4-7H,9-10H2,1-3H3,(H,17,21)(H,19,20). The molecule has 0 fully saturated rings. The number of urea groups is 1. The van der Waals surface area contributed by atoms with E-state index < -0.39 is 17.5 Å². The molecule has 0 spiro atoms. The number of carbonyl (C=O) groups is 2. The first-order valence-corrected chi connectivity index (χ1v) is 6.50. The number of carbonyl (C=O) groups excluding carboxylic acids is 1. The fourth-order valence-electron chi connectivity index (χ4n) is 1.72. The minimum Gasteiger partial charge on any atom is -0.480 e. The zero-order valence-electron chi connectivity index (χ0n) is 12.4. The van der Waals surface area contributed by atoms with Crippen LogP contribution in [0.1, 0.15) is 31.9 Å².